The summed E-state index contributed by atoms with van der Waals surface area (Å²) in [5, 5.41) is 3.61. The minimum atomic E-state index is 0.848. The molecule has 1 nitrogen and oxygen atoms in total. The lowest BCUT2D eigenvalue weighted by atomic mass is 9.81. The average molecular weight is 207 g/mol. The molecule has 0 aliphatic heterocycles. The smallest absolute Gasteiger partial charge is 0.00951 e. The molecule has 3 aliphatic carbocycles. The molecule has 1 N–H and O–H groups in total. The Hall–Kier alpha value is -0.0400. The van der Waals surface area contributed by atoms with Crippen LogP contribution in [-0.2, 0) is 0 Å². The third kappa shape index (κ3) is 2.08. The monoisotopic (exact) mass is 207 g/mol. The molecule has 4 atom stereocenters. The Bertz CT molecular complexity index is 221. The molecular weight excluding hydrogens is 182 g/mol. The first-order valence-electron chi connectivity index (χ1n) is 7.04. The van der Waals surface area contributed by atoms with Crippen molar-refractivity contribution < 1.29 is 0 Å². The Morgan fingerprint density at radius 2 is 2.00 bits per heavy atom. The molecular formula is C14H25N. The molecule has 0 aromatic carbocycles. The lowest BCUT2D eigenvalue weighted by Gasteiger charge is -2.30. The second-order valence-corrected chi connectivity index (χ2v) is 6.25. The van der Waals surface area contributed by atoms with Crippen molar-refractivity contribution in [3.05, 3.63) is 0 Å². The number of hydrogen-bond donors (Lipinski definition) is 1. The maximum Gasteiger partial charge on any atom is 0.00951 e. The molecule has 3 saturated carbocycles. The summed E-state index contributed by atoms with van der Waals surface area (Å²) in [6, 6.07) is 0.848. The van der Waals surface area contributed by atoms with Crippen LogP contribution in [0, 0.1) is 23.7 Å². The molecule has 0 aromatic rings. The summed E-state index contributed by atoms with van der Waals surface area (Å²) < 4.78 is 0. The van der Waals surface area contributed by atoms with Crippen LogP contribution in [0.5, 0.6) is 0 Å². The van der Waals surface area contributed by atoms with Crippen LogP contribution in [-0.4, -0.2) is 13.1 Å². The van der Waals surface area contributed by atoms with Gasteiger partial charge in [-0.2, -0.15) is 0 Å². The van der Waals surface area contributed by atoms with Gasteiger partial charge in [-0.1, -0.05) is 19.3 Å². The first-order valence-corrected chi connectivity index (χ1v) is 7.04. The minimum Gasteiger partial charge on any atom is -0.317 e. The van der Waals surface area contributed by atoms with Crippen LogP contribution in [0.2, 0.25) is 0 Å². The highest BCUT2D eigenvalue weighted by Gasteiger charge is 2.42. The van der Waals surface area contributed by atoms with E-state index in [1.807, 2.05) is 0 Å². The van der Waals surface area contributed by atoms with E-state index in [-0.39, 0.29) is 0 Å². The van der Waals surface area contributed by atoms with Crippen molar-refractivity contribution in [2.75, 3.05) is 7.05 Å². The van der Waals surface area contributed by atoms with Crippen LogP contribution in [0.15, 0.2) is 0 Å². The lowest BCUT2D eigenvalue weighted by molar-refractivity contribution is 0.242. The molecule has 4 unspecified atom stereocenters. The Morgan fingerprint density at radius 3 is 2.53 bits per heavy atom. The molecule has 3 fully saturated rings. The van der Waals surface area contributed by atoms with Gasteiger partial charge in [0.05, 0.1) is 0 Å². The van der Waals surface area contributed by atoms with Crippen LogP contribution in [0.1, 0.15) is 51.4 Å². The van der Waals surface area contributed by atoms with Gasteiger partial charge in [0.25, 0.3) is 0 Å². The number of rotatable bonds is 5. The Kier molecular flexibility index (Phi) is 2.76. The SMILES string of the molecule is CNC(CCC1CC1)C1CC2CCC1C2. The zero-order valence-electron chi connectivity index (χ0n) is 10.0. The Balaban J connectivity index is 1.53. The number of hydrogen-bond acceptors (Lipinski definition) is 1. The van der Waals surface area contributed by atoms with Crippen molar-refractivity contribution in [3.8, 4) is 0 Å². The zero-order valence-corrected chi connectivity index (χ0v) is 10.0. The number of fused-ring (bicyclic) bond motifs is 2. The third-order valence-electron chi connectivity index (χ3n) is 5.26. The third-order valence-corrected chi connectivity index (χ3v) is 5.26. The van der Waals surface area contributed by atoms with Gasteiger partial charge in [0.2, 0.25) is 0 Å². The molecule has 3 aliphatic rings. The van der Waals surface area contributed by atoms with E-state index in [1.165, 1.54) is 32.1 Å². The van der Waals surface area contributed by atoms with E-state index in [0.717, 1.165) is 29.7 Å². The Labute approximate surface area is 94.0 Å². The van der Waals surface area contributed by atoms with Crippen molar-refractivity contribution >= 4 is 0 Å². The fraction of sp³-hybridized carbons (Fsp3) is 1.00. The zero-order chi connectivity index (χ0) is 10.3. The second-order valence-electron chi connectivity index (χ2n) is 6.25. The van der Waals surface area contributed by atoms with Crippen LogP contribution in [0.25, 0.3) is 0 Å². The molecule has 0 saturated heterocycles. The van der Waals surface area contributed by atoms with Gasteiger partial charge in [0.15, 0.2) is 0 Å². The van der Waals surface area contributed by atoms with E-state index in [0.29, 0.717) is 0 Å². The van der Waals surface area contributed by atoms with Crippen molar-refractivity contribution in [1.29, 1.82) is 0 Å². The van der Waals surface area contributed by atoms with Gasteiger partial charge in [0.1, 0.15) is 0 Å². The van der Waals surface area contributed by atoms with Crippen LogP contribution in [0.4, 0.5) is 0 Å². The Morgan fingerprint density at radius 1 is 1.13 bits per heavy atom. The molecule has 0 radical (unpaired) electrons. The van der Waals surface area contributed by atoms with Crippen LogP contribution < -0.4 is 5.32 Å². The van der Waals surface area contributed by atoms with Gasteiger partial charge in [-0.15, -0.1) is 0 Å². The van der Waals surface area contributed by atoms with E-state index in [1.54, 1.807) is 19.3 Å². The molecule has 0 amide bonds. The van der Waals surface area contributed by atoms with E-state index < -0.39 is 0 Å². The number of nitrogens with one attached hydrogen (secondary N) is 1. The lowest BCUT2D eigenvalue weighted by Crippen LogP contribution is -2.36. The van der Waals surface area contributed by atoms with Crippen molar-refractivity contribution in [3.63, 3.8) is 0 Å². The topological polar surface area (TPSA) is 12.0 Å². The normalized spacial score (nSPS) is 41.0. The fourth-order valence-electron chi connectivity index (χ4n) is 4.18. The van der Waals surface area contributed by atoms with Gasteiger partial charge in [-0.3, -0.25) is 0 Å². The molecule has 0 aromatic heterocycles. The van der Waals surface area contributed by atoms with Crippen molar-refractivity contribution in [2.24, 2.45) is 23.7 Å². The quantitative estimate of drug-likeness (QED) is 0.730. The second kappa shape index (κ2) is 4.08. The van der Waals surface area contributed by atoms with Crippen LogP contribution in [0.3, 0.4) is 0 Å². The van der Waals surface area contributed by atoms with E-state index >= 15 is 0 Å². The first kappa shape index (κ1) is 10.1. The summed E-state index contributed by atoms with van der Waals surface area (Å²) in [6.45, 7) is 0. The first-order chi connectivity index (χ1) is 7.36. The summed E-state index contributed by atoms with van der Waals surface area (Å²) in [6.07, 6.45) is 12.2. The highest BCUT2D eigenvalue weighted by Crippen LogP contribution is 2.50. The summed E-state index contributed by atoms with van der Waals surface area (Å²) in [5.74, 6) is 4.34. The maximum absolute atomic E-state index is 3.61. The van der Waals surface area contributed by atoms with E-state index in [4.69, 9.17) is 0 Å². The highest BCUT2D eigenvalue weighted by atomic mass is 14.9. The average Bonchev–Trinajstić information content (AvgIpc) is 2.85. The molecule has 0 heterocycles. The van der Waals surface area contributed by atoms with Crippen molar-refractivity contribution in [2.45, 2.75) is 57.4 Å². The summed E-state index contributed by atoms with van der Waals surface area (Å²) in [5.41, 5.74) is 0. The summed E-state index contributed by atoms with van der Waals surface area (Å²) in [4.78, 5) is 0. The summed E-state index contributed by atoms with van der Waals surface area (Å²) >= 11 is 0. The van der Waals surface area contributed by atoms with E-state index in [9.17, 15) is 0 Å². The minimum absolute atomic E-state index is 0.848. The molecule has 0 spiro atoms. The maximum atomic E-state index is 3.61. The van der Waals surface area contributed by atoms with Gasteiger partial charge in [0, 0.05) is 6.04 Å². The standard InChI is InChI=1S/C14H25N/c1-15-14(7-5-10-2-3-10)13-9-11-4-6-12(13)8-11/h10-15H,2-9H2,1H3. The molecule has 3 rings (SSSR count). The molecule has 15 heavy (non-hydrogen) atoms. The molecule has 86 valence electrons. The molecule has 1 heteroatoms. The van der Waals surface area contributed by atoms with Gasteiger partial charge < -0.3 is 5.32 Å². The van der Waals surface area contributed by atoms with Crippen LogP contribution >= 0.6 is 0 Å². The van der Waals surface area contributed by atoms with Gasteiger partial charge >= 0.3 is 0 Å². The van der Waals surface area contributed by atoms with Gasteiger partial charge in [-0.05, 0) is 62.8 Å². The van der Waals surface area contributed by atoms with Crippen molar-refractivity contribution in [1.82, 2.24) is 5.32 Å². The predicted octanol–water partition coefficient (Wildman–Crippen LogP) is 3.20. The largest absolute Gasteiger partial charge is 0.317 e. The fourth-order valence-corrected chi connectivity index (χ4v) is 4.18. The summed E-state index contributed by atoms with van der Waals surface area (Å²) in [7, 11) is 2.18. The molecule has 2 bridgehead atoms. The predicted molar refractivity (Wildman–Crippen MR) is 63.7 cm³/mol. The highest BCUT2D eigenvalue weighted by molar-refractivity contribution is 4.95. The van der Waals surface area contributed by atoms with E-state index in [2.05, 4.69) is 12.4 Å². The van der Waals surface area contributed by atoms with Gasteiger partial charge in [-0.25, -0.2) is 0 Å².